The maximum absolute atomic E-state index is 11.2. The monoisotopic (exact) mass is 168 g/mol. The molecule has 0 aromatic carbocycles. The molecule has 1 aliphatic carbocycles. The first-order valence-corrected chi connectivity index (χ1v) is 4.25. The minimum absolute atomic E-state index is 0.134. The molecule has 3 N–H and O–H groups in total. The van der Waals surface area contributed by atoms with Crippen LogP contribution in [0.1, 0.15) is 36.6 Å². The zero-order valence-electron chi connectivity index (χ0n) is 6.80. The predicted octanol–water partition coefficient (Wildman–Crippen LogP) is 0.694. The van der Waals surface area contributed by atoms with Gasteiger partial charge in [0.25, 0.3) is 5.56 Å². The fourth-order valence-electron chi connectivity index (χ4n) is 1.70. The zero-order valence-corrected chi connectivity index (χ0v) is 6.80. The minimum atomic E-state index is -0.153. The number of rotatable bonds is 0. The van der Waals surface area contributed by atoms with Gasteiger partial charge in [-0.15, -0.1) is 0 Å². The van der Waals surface area contributed by atoms with Crippen molar-refractivity contribution in [1.82, 2.24) is 5.16 Å². The van der Waals surface area contributed by atoms with Crippen molar-refractivity contribution in [2.45, 2.75) is 31.7 Å². The number of hydrogen-bond donors (Lipinski definition) is 2. The fraction of sp³-hybridized carbons (Fsp3) is 0.625. The summed E-state index contributed by atoms with van der Waals surface area (Å²) in [5.41, 5.74) is 6.32. The molecule has 4 heteroatoms. The van der Waals surface area contributed by atoms with E-state index in [1.807, 2.05) is 0 Å². The summed E-state index contributed by atoms with van der Waals surface area (Å²) in [6, 6.07) is -0.134. The quantitative estimate of drug-likeness (QED) is 0.560. The summed E-state index contributed by atoms with van der Waals surface area (Å²) in [6.07, 6.45) is 3.85. The third kappa shape index (κ3) is 1.08. The summed E-state index contributed by atoms with van der Waals surface area (Å²) in [6.45, 7) is 0. The highest BCUT2D eigenvalue weighted by Gasteiger charge is 2.21. The van der Waals surface area contributed by atoms with E-state index in [4.69, 9.17) is 10.3 Å². The topological polar surface area (TPSA) is 72.0 Å². The van der Waals surface area contributed by atoms with E-state index in [-0.39, 0.29) is 11.6 Å². The first kappa shape index (κ1) is 7.61. The normalized spacial score (nSPS) is 23.2. The summed E-state index contributed by atoms with van der Waals surface area (Å²) < 4.78 is 5.02. The van der Waals surface area contributed by atoms with Crippen LogP contribution in [-0.4, -0.2) is 5.16 Å². The Morgan fingerprint density at radius 2 is 2.33 bits per heavy atom. The van der Waals surface area contributed by atoms with E-state index in [9.17, 15) is 4.79 Å². The number of nitrogens with two attached hydrogens (primary N) is 1. The van der Waals surface area contributed by atoms with Crippen molar-refractivity contribution in [3.63, 3.8) is 0 Å². The second-order valence-corrected chi connectivity index (χ2v) is 3.22. The number of aromatic nitrogens is 1. The molecule has 0 aliphatic heterocycles. The summed E-state index contributed by atoms with van der Waals surface area (Å²) in [5, 5.41) is 2.33. The molecule has 1 aromatic rings. The fourth-order valence-corrected chi connectivity index (χ4v) is 1.70. The Morgan fingerprint density at radius 3 is 3.17 bits per heavy atom. The lowest BCUT2D eigenvalue weighted by Crippen LogP contribution is -2.18. The zero-order chi connectivity index (χ0) is 8.55. The van der Waals surface area contributed by atoms with Crippen LogP contribution in [0.4, 0.5) is 0 Å². The van der Waals surface area contributed by atoms with Crippen LogP contribution in [0, 0.1) is 0 Å². The van der Waals surface area contributed by atoms with E-state index in [0.29, 0.717) is 5.56 Å². The average molecular weight is 168 g/mol. The molecular formula is C8H12N2O2. The Kier molecular flexibility index (Phi) is 1.77. The highest BCUT2D eigenvalue weighted by atomic mass is 16.5. The van der Waals surface area contributed by atoms with E-state index in [1.54, 1.807) is 0 Å². The molecule has 12 heavy (non-hydrogen) atoms. The van der Waals surface area contributed by atoms with Gasteiger partial charge in [-0.2, -0.15) is 5.16 Å². The first-order chi connectivity index (χ1) is 5.79. The standard InChI is InChI=1S/C8H12N2O2/c9-5-3-1-2-4-6-7(5)8(11)10-12-6/h5H,1-4,9H2,(H,10,11)/t5-/m1/s1. The largest absolute Gasteiger partial charge is 0.383 e. The van der Waals surface area contributed by atoms with Crippen LogP contribution in [0.15, 0.2) is 9.32 Å². The van der Waals surface area contributed by atoms with Gasteiger partial charge in [0.15, 0.2) is 0 Å². The number of aromatic amines is 1. The third-order valence-electron chi connectivity index (χ3n) is 2.35. The van der Waals surface area contributed by atoms with Crippen LogP contribution in [0.2, 0.25) is 0 Å². The van der Waals surface area contributed by atoms with Crippen molar-refractivity contribution >= 4 is 0 Å². The number of aryl methyl sites for hydroxylation is 1. The van der Waals surface area contributed by atoms with E-state index in [2.05, 4.69) is 5.16 Å². The number of hydrogen-bond acceptors (Lipinski definition) is 3. The molecule has 0 spiro atoms. The van der Waals surface area contributed by atoms with Gasteiger partial charge in [-0.1, -0.05) is 6.42 Å². The van der Waals surface area contributed by atoms with Crippen LogP contribution in [0.5, 0.6) is 0 Å². The Balaban J connectivity index is 2.49. The van der Waals surface area contributed by atoms with Crippen LogP contribution in [-0.2, 0) is 6.42 Å². The van der Waals surface area contributed by atoms with Gasteiger partial charge < -0.3 is 10.3 Å². The number of fused-ring (bicyclic) bond motifs is 1. The Morgan fingerprint density at radius 1 is 1.50 bits per heavy atom. The molecule has 0 fully saturated rings. The molecule has 1 aliphatic rings. The lowest BCUT2D eigenvalue weighted by molar-refractivity contribution is 0.376. The second-order valence-electron chi connectivity index (χ2n) is 3.22. The molecule has 0 unspecified atom stereocenters. The highest BCUT2D eigenvalue weighted by Crippen LogP contribution is 2.23. The molecule has 0 radical (unpaired) electrons. The van der Waals surface area contributed by atoms with E-state index < -0.39 is 0 Å². The van der Waals surface area contributed by atoms with Crippen molar-refractivity contribution < 1.29 is 4.52 Å². The van der Waals surface area contributed by atoms with Gasteiger partial charge in [0.1, 0.15) is 5.76 Å². The lowest BCUT2D eigenvalue weighted by Gasteiger charge is -2.03. The SMILES string of the molecule is N[C@@H]1CCCCc2o[nH]c(=O)c21. The van der Waals surface area contributed by atoms with Crippen molar-refractivity contribution in [2.24, 2.45) is 5.73 Å². The molecule has 1 aromatic heterocycles. The van der Waals surface area contributed by atoms with Gasteiger partial charge in [0.05, 0.1) is 5.56 Å². The summed E-state index contributed by atoms with van der Waals surface area (Å²) in [5.74, 6) is 0.755. The van der Waals surface area contributed by atoms with E-state index >= 15 is 0 Å². The maximum Gasteiger partial charge on any atom is 0.284 e. The molecular weight excluding hydrogens is 156 g/mol. The molecule has 0 bridgehead atoms. The molecule has 4 nitrogen and oxygen atoms in total. The van der Waals surface area contributed by atoms with Crippen LogP contribution in [0.3, 0.4) is 0 Å². The number of nitrogens with one attached hydrogen (secondary N) is 1. The minimum Gasteiger partial charge on any atom is -0.383 e. The predicted molar refractivity (Wildman–Crippen MR) is 43.8 cm³/mol. The van der Waals surface area contributed by atoms with Gasteiger partial charge in [0.2, 0.25) is 0 Å². The van der Waals surface area contributed by atoms with E-state index in [0.717, 1.165) is 31.4 Å². The molecule has 1 atom stereocenters. The smallest absolute Gasteiger partial charge is 0.284 e. The van der Waals surface area contributed by atoms with Gasteiger partial charge in [0, 0.05) is 12.5 Å². The van der Waals surface area contributed by atoms with Crippen molar-refractivity contribution in [2.75, 3.05) is 0 Å². The molecule has 66 valence electrons. The molecule has 0 saturated heterocycles. The maximum atomic E-state index is 11.2. The second kappa shape index (κ2) is 2.79. The van der Waals surface area contributed by atoms with Crippen LogP contribution >= 0.6 is 0 Å². The van der Waals surface area contributed by atoms with Gasteiger partial charge in [-0.3, -0.25) is 4.79 Å². The first-order valence-electron chi connectivity index (χ1n) is 4.25. The molecule has 1 heterocycles. The van der Waals surface area contributed by atoms with Crippen LogP contribution in [0.25, 0.3) is 0 Å². The molecule has 0 saturated carbocycles. The Bertz CT molecular complexity index is 326. The van der Waals surface area contributed by atoms with Crippen molar-refractivity contribution in [3.8, 4) is 0 Å². The lowest BCUT2D eigenvalue weighted by atomic mass is 10.1. The van der Waals surface area contributed by atoms with E-state index in [1.165, 1.54) is 0 Å². The van der Waals surface area contributed by atoms with Gasteiger partial charge in [-0.25, -0.2) is 0 Å². The molecule has 2 rings (SSSR count). The van der Waals surface area contributed by atoms with Crippen LogP contribution < -0.4 is 11.3 Å². The van der Waals surface area contributed by atoms with Crippen molar-refractivity contribution in [1.29, 1.82) is 0 Å². The summed E-state index contributed by atoms with van der Waals surface area (Å²) >= 11 is 0. The summed E-state index contributed by atoms with van der Waals surface area (Å²) in [4.78, 5) is 11.2. The Hall–Kier alpha value is -1.03. The van der Waals surface area contributed by atoms with Crippen molar-refractivity contribution in [3.05, 3.63) is 21.7 Å². The van der Waals surface area contributed by atoms with Gasteiger partial charge in [-0.05, 0) is 12.8 Å². The third-order valence-corrected chi connectivity index (χ3v) is 2.35. The average Bonchev–Trinajstić information content (AvgIpc) is 2.29. The highest BCUT2D eigenvalue weighted by molar-refractivity contribution is 5.19. The Labute approximate surface area is 69.7 Å². The van der Waals surface area contributed by atoms with Gasteiger partial charge >= 0.3 is 0 Å². The number of H-pyrrole nitrogens is 1. The summed E-state index contributed by atoms with van der Waals surface area (Å²) in [7, 11) is 0. The molecule has 0 amide bonds.